The third-order valence-corrected chi connectivity index (χ3v) is 5.49. The Bertz CT molecular complexity index is 979. The highest BCUT2D eigenvalue weighted by molar-refractivity contribution is 5.93. The zero-order valence-electron chi connectivity index (χ0n) is 16.7. The lowest BCUT2D eigenvalue weighted by Gasteiger charge is -2.34. The predicted octanol–water partition coefficient (Wildman–Crippen LogP) is 4.74. The van der Waals surface area contributed by atoms with Crippen molar-refractivity contribution < 1.29 is 4.79 Å². The van der Waals surface area contributed by atoms with Gasteiger partial charge in [0.1, 0.15) is 5.69 Å². The Morgan fingerprint density at radius 3 is 2.79 bits per heavy atom. The van der Waals surface area contributed by atoms with E-state index in [1.807, 2.05) is 64.3 Å². The van der Waals surface area contributed by atoms with Crippen molar-refractivity contribution in [1.82, 2.24) is 19.7 Å². The zero-order valence-corrected chi connectivity index (χ0v) is 16.7. The second-order valence-electron chi connectivity index (χ2n) is 7.38. The minimum absolute atomic E-state index is 0.0844. The standard InChI is InChI=1S/C24H26N4O/c1-2-21-10-6-7-16-27(21)23(29)14-13-20-18-28(22-11-4-3-5-12-22)26-24(20)19-9-8-15-25-17-19/h3-5,8-9,11-15,17-18,21H,2,6-7,10,16H2,1H3/b14-13+. The molecule has 0 bridgehead atoms. The molecule has 1 amide bonds. The molecule has 148 valence electrons. The van der Waals surface area contributed by atoms with Gasteiger partial charge in [0, 0.05) is 48.4 Å². The van der Waals surface area contributed by atoms with Crippen molar-refractivity contribution >= 4 is 12.0 Å². The summed E-state index contributed by atoms with van der Waals surface area (Å²) in [5, 5.41) is 4.77. The van der Waals surface area contributed by atoms with Gasteiger partial charge in [-0.2, -0.15) is 5.10 Å². The Morgan fingerprint density at radius 1 is 1.17 bits per heavy atom. The summed E-state index contributed by atoms with van der Waals surface area (Å²) in [5.41, 5.74) is 3.63. The maximum absolute atomic E-state index is 12.9. The number of para-hydroxylation sites is 1. The summed E-state index contributed by atoms with van der Waals surface area (Å²) in [4.78, 5) is 19.1. The molecule has 1 fully saturated rings. The molecule has 0 N–H and O–H groups in total. The third kappa shape index (κ3) is 4.29. The fraction of sp³-hybridized carbons (Fsp3) is 0.292. The molecule has 1 aliphatic heterocycles. The van der Waals surface area contributed by atoms with E-state index in [9.17, 15) is 4.79 Å². The van der Waals surface area contributed by atoms with Gasteiger partial charge in [-0.1, -0.05) is 25.1 Å². The summed E-state index contributed by atoms with van der Waals surface area (Å²) in [6.45, 7) is 3.00. The van der Waals surface area contributed by atoms with Gasteiger partial charge in [-0.3, -0.25) is 9.78 Å². The zero-order chi connectivity index (χ0) is 20.1. The van der Waals surface area contributed by atoms with Gasteiger partial charge in [-0.15, -0.1) is 0 Å². The molecular formula is C24H26N4O. The van der Waals surface area contributed by atoms with Crippen LogP contribution in [0.4, 0.5) is 0 Å². The molecule has 1 saturated heterocycles. The molecule has 5 nitrogen and oxygen atoms in total. The van der Waals surface area contributed by atoms with Crippen LogP contribution < -0.4 is 0 Å². The smallest absolute Gasteiger partial charge is 0.246 e. The predicted molar refractivity (Wildman–Crippen MR) is 115 cm³/mol. The molecule has 1 aromatic carbocycles. The number of pyridine rings is 1. The molecule has 2 aromatic heterocycles. The number of carbonyl (C=O) groups is 1. The Balaban J connectivity index is 1.66. The van der Waals surface area contributed by atoms with Crippen LogP contribution in [0.1, 0.15) is 38.2 Å². The summed E-state index contributed by atoms with van der Waals surface area (Å²) >= 11 is 0. The summed E-state index contributed by atoms with van der Waals surface area (Å²) in [5.74, 6) is 0.0844. The topological polar surface area (TPSA) is 51.0 Å². The molecule has 0 radical (unpaired) electrons. The van der Waals surface area contributed by atoms with E-state index in [-0.39, 0.29) is 5.91 Å². The van der Waals surface area contributed by atoms with E-state index >= 15 is 0 Å². The quantitative estimate of drug-likeness (QED) is 0.595. The van der Waals surface area contributed by atoms with E-state index in [1.165, 1.54) is 6.42 Å². The first-order valence-corrected chi connectivity index (χ1v) is 10.3. The second-order valence-corrected chi connectivity index (χ2v) is 7.38. The Hall–Kier alpha value is -3.21. The minimum Gasteiger partial charge on any atom is -0.336 e. The van der Waals surface area contributed by atoms with Crippen LogP contribution in [0.25, 0.3) is 23.0 Å². The lowest BCUT2D eigenvalue weighted by Crippen LogP contribution is -2.42. The van der Waals surface area contributed by atoms with E-state index in [2.05, 4.69) is 11.9 Å². The summed E-state index contributed by atoms with van der Waals surface area (Å²) in [6.07, 6.45) is 13.5. The van der Waals surface area contributed by atoms with Crippen LogP contribution in [0.15, 0.2) is 67.1 Å². The number of likely N-dealkylation sites (tertiary alicyclic amines) is 1. The molecule has 0 aliphatic carbocycles. The molecule has 1 aliphatic rings. The number of nitrogens with zero attached hydrogens (tertiary/aromatic N) is 4. The maximum atomic E-state index is 12.9. The van der Waals surface area contributed by atoms with Gasteiger partial charge in [0.25, 0.3) is 0 Å². The van der Waals surface area contributed by atoms with Crippen LogP contribution in [0, 0.1) is 0 Å². The second kappa shape index (κ2) is 8.86. The van der Waals surface area contributed by atoms with Gasteiger partial charge in [0.15, 0.2) is 0 Å². The summed E-state index contributed by atoms with van der Waals surface area (Å²) in [7, 11) is 0. The number of aromatic nitrogens is 3. The molecule has 29 heavy (non-hydrogen) atoms. The third-order valence-electron chi connectivity index (χ3n) is 5.49. The van der Waals surface area contributed by atoms with Gasteiger partial charge < -0.3 is 4.90 Å². The van der Waals surface area contributed by atoms with E-state index in [4.69, 9.17) is 5.10 Å². The first-order valence-electron chi connectivity index (χ1n) is 10.3. The van der Waals surface area contributed by atoms with Crippen LogP contribution in [0.2, 0.25) is 0 Å². The fourth-order valence-corrected chi connectivity index (χ4v) is 3.92. The van der Waals surface area contributed by atoms with E-state index in [0.29, 0.717) is 6.04 Å². The van der Waals surface area contributed by atoms with Crippen molar-refractivity contribution in [3.63, 3.8) is 0 Å². The average Bonchev–Trinajstić information content (AvgIpc) is 3.23. The Kier molecular flexibility index (Phi) is 5.84. The van der Waals surface area contributed by atoms with E-state index in [1.54, 1.807) is 18.5 Å². The number of rotatable bonds is 5. The van der Waals surface area contributed by atoms with Crippen molar-refractivity contribution in [2.24, 2.45) is 0 Å². The molecular weight excluding hydrogens is 360 g/mol. The van der Waals surface area contributed by atoms with Gasteiger partial charge in [-0.25, -0.2) is 4.68 Å². The molecule has 3 heterocycles. The highest BCUT2D eigenvalue weighted by Crippen LogP contribution is 2.25. The highest BCUT2D eigenvalue weighted by atomic mass is 16.2. The van der Waals surface area contributed by atoms with Gasteiger partial charge in [0.05, 0.1) is 5.69 Å². The Morgan fingerprint density at radius 2 is 2.03 bits per heavy atom. The average molecular weight is 386 g/mol. The Labute approximate surface area is 171 Å². The minimum atomic E-state index is 0.0844. The van der Waals surface area contributed by atoms with Gasteiger partial charge in [-0.05, 0) is 56.0 Å². The monoisotopic (exact) mass is 386 g/mol. The molecule has 0 spiro atoms. The van der Waals surface area contributed by atoms with Crippen molar-refractivity contribution in [3.05, 3.63) is 72.7 Å². The van der Waals surface area contributed by atoms with Crippen LogP contribution in [-0.4, -0.2) is 38.2 Å². The molecule has 3 aromatic rings. The molecule has 1 unspecified atom stereocenters. The highest BCUT2D eigenvalue weighted by Gasteiger charge is 2.23. The number of amides is 1. The van der Waals surface area contributed by atoms with Crippen LogP contribution in [-0.2, 0) is 4.79 Å². The van der Waals surface area contributed by atoms with Crippen molar-refractivity contribution in [2.45, 2.75) is 38.6 Å². The van der Waals surface area contributed by atoms with E-state index < -0.39 is 0 Å². The fourth-order valence-electron chi connectivity index (χ4n) is 3.92. The number of hydrogen-bond acceptors (Lipinski definition) is 3. The molecule has 5 heteroatoms. The number of benzene rings is 1. The molecule has 0 saturated carbocycles. The lowest BCUT2D eigenvalue weighted by molar-refractivity contribution is -0.129. The largest absolute Gasteiger partial charge is 0.336 e. The van der Waals surface area contributed by atoms with Gasteiger partial charge in [0.2, 0.25) is 5.91 Å². The van der Waals surface area contributed by atoms with E-state index in [0.717, 1.165) is 48.3 Å². The van der Waals surface area contributed by atoms with Crippen LogP contribution in [0.5, 0.6) is 0 Å². The number of piperidine rings is 1. The summed E-state index contributed by atoms with van der Waals surface area (Å²) in [6, 6.07) is 14.2. The van der Waals surface area contributed by atoms with Crippen LogP contribution >= 0.6 is 0 Å². The molecule has 4 rings (SSSR count). The number of hydrogen-bond donors (Lipinski definition) is 0. The van der Waals surface area contributed by atoms with Crippen molar-refractivity contribution in [1.29, 1.82) is 0 Å². The van der Waals surface area contributed by atoms with Gasteiger partial charge >= 0.3 is 0 Å². The normalized spacial score (nSPS) is 17.0. The lowest BCUT2D eigenvalue weighted by atomic mass is 10.00. The first-order chi connectivity index (χ1) is 14.3. The maximum Gasteiger partial charge on any atom is 0.246 e. The molecule has 1 atom stereocenters. The van der Waals surface area contributed by atoms with Crippen molar-refractivity contribution in [2.75, 3.05) is 6.54 Å². The SMILES string of the molecule is CCC1CCCCN1C(=O)/C=C/c1cn(-c2ccccc2)nc1-c1cccnc1. The number of carbonyl (C=O) groups excluding carboxylic acids is 1. The first kappa shape index (κ1) is 19.1. The van der Waals surface area contributed by atoms with Crippen molar-refractivity contribution in [3.8, 4) is 16.9 Å². The summed E-state index contributed by atoms with van der Waals surface area (Å²) < 4.78 is 1.85. The van der Waals surface area contributed by atoms with Crippen LogP contribution in [0.3, 0.4) is 0 Å².